The summed E-state index contributed by atoms with van der Waals surface area (Å²) in [6, 6.07) is 3.94. The van der Waals surface area contributed by atoms with Crippen molar-refractivity contribution in [3.05, 3.63) is 36.0 Å². The van der Waals surface area contributed by atoms with Crippen LogP contribution in [0, 0.1) is 5.82 Å². The highest BCUT2D eigenvalue weighted by atomic mass is 28.2. The molecule has 8 heteroatoms. The van der Waals surface area contributed by atoms with Gasteiger partial charge >= 0.3 is 6.09 Å². The van der Waals surface area contributed by atoms with Crippen molar-refractivity contribution >= 4 is 21.5 Å². The maximum atomic E-state index is 14.2. The third-order valence-corrected chi connectivity index (χ3v) is 4.41. The summed E-state index contributed by atoms with van der Waals surface area (Å²) in [6.45, 7) is 10.0. The van der Waals surface area contributed by atoms with Crippen LogP contribution in [0.5, 0.6) is 0 Å². The number of nitrogens with zero attached hydrogens (tertiary/aromatic N) is 1. The Kier molecular flexibility index (Phi) is 5.33. The van der Waals surface area contributed by atoms with Crippen molar-refractivity contribution in [2.75, 3.05) is 5.32 Å². The SMILES string of the molecule is CC(C)(C)[Si]OC(C)(C)c1coc(-c2ccc(NC(=O)O)cc2F)n1. The number of oxazole rings is 1. The molecule has 0 unspecified atom stereocenters. The molecule has 0 saturated heterocycles. The fourth-order valence-corrected chi connectivity index (χ4v) is 2.56. The van der Waals surface area contributed by atoms with Gasteiger partial charge in [-0.25, -0.2) is 14.2 Å². The smallest absolute Gasteiger partial charge is 0.409 e. The maximum Gasteiger partial charge on any atom is 0.409 e. The number of amides is 1. The molecule has 0 aliphatic rings. The second kappa shape index (κ2) is 6.97. The lowest BCUT2D eigenvalue weighted by Gasteiger charge is -2.27. The minimum absolute atomic E-state index is 0.0307. The molecule has 2 aromatic rings. The quantitative estimate of drug-likeness (QED) is 0.754. The second-order valence-corrected chi connectivity index (χ2v) is 9.04. The monoisotopic (exact) mass is 364 g/mol. The van der Waals surface area contributed by atoms with Crippen LogP contribution in [-0.2, 0) is 10.0 Å². The Morgan fingerprint density at radius 1 is 1.32 bits per heavy atom. The zero-order valence-corrected chi connectivity index (χ0v) is 15.8. The van der Waals surface area contributed by atoms with Gasteiger partial charge in [0.25, 0.3) is 0 Å². The van der Waals surface area contributed by atoms with Gasteiger partial charge in [0.05, 0.1) is 11.2 Å². The number of aromatic nitrogens is 1. The number of hydrogen-bond donors (Lipinski definition) is 2. The molecule has 2 radical (unpaired) electrons. The summed E-state index contributed by atoms with van der Waals surface area (Å²) < 4.78 is 25.6. The molecule has 0 bridgehead atoms. The number of halogens is 1. The second-order valence-electron chi connectivity index (χ2n) is 7.13. The summed E-state index contributed by atoms with van der Waals surface area (Å²) in [7, 11) is 0.268. The van der Waals surface area contributed by atoms with Gasteiger partial charge in [-0.2, -0.15) is 0 Å². The molecule has 1 amide bonds. The van der Waals surface area contributed by atoms with Crippen molar-refractivity contribution < 1.29 is 23.1 Å². The van der Waals surface area contributed by atoms with Crippen molar-refractivity contribution in [2.24, 2.45) is 0 Å². The fourth-order valence-electron chi connectivity index (χ4n) is 1.90. The van der Waals surface area contributed by atoms with Crippen LogP contribution >= 0.6 is 0 Å². The van der Waals surface area contributed by atoms with E-state index in [1.165, 1.54) is 18.4 Å². The number of benzene rings is 1. The molecular weight excluding hydrogens is 343 g/mol. The molecule has 25 heavy (non-hydrogen) atoms. The highest BCUT2D eigenvalue weighted by Crippen LogP contribution is 2.31. The molecule has 2 N–H and O–H groups in total. The van der Waals surface area contributed by atoms with E-state index in [0.717, 1.165) is 6.07 Å². The molecule has 0 saturated carbocycles. The van der Waals surface area contributed by atoms with Crippen LogP contribution in [0.1, 0.15) is 40.3 Å². The summed E-state index contributed by atoms with van der Waals surface area (Å²) in [6.07, 6.45) is 0.190. The average Bonchev–Trinajstić information content (AvgIpc) is 2.94. The first-order valence-corrected chi connectivity index (χ1v) is 8.60. The minimum Gasteiger partial charge on any atom is -0.465 e. The van der Waals surface area contributed by atoms with Gasteiger partial charge in [0.2, 0.25) is 15.7 Å². The molecule has 0 aliphatic heterocycles. The Morgan fingerprint density at radius 2 is 2.00 bits per heavy atom. The Balaban J connectivity index is 2.22. The van der Waals surface area contributed by atoms with Crippen LogP contribution in [0.2, 0.25) is 5.04 Å². The van der Waals surface area contributed by atoms with Crippen molar-refractivity contribution in [1.82, 2.24) is 4.98 Å². The van der Waals surface area contributed by atoms with E-state index in [1.807, 2.05) is 13.8 Å². The fraction of sp³-hybridized carbons (Fsp3) is 0.412. The Labute approximate surface area is 148 Å². The first kappa shape index (κ1) is 19.1. The first-order valence-electron chi connectivity index (χ1n) is 7.69. The number of carbonyl (C=O) groups is 1. The summed E-state index contributed by atoms with van der Waals surface area (Å²) in [5.74, 6) is -0.514. The normalized spacial score (nSPS) is 12.2. The summed E-state index contributed by atoms with van der Waals surface area (Å²) in [5, 5.41) is 10.8. The molecule has 6 nitrogen and oxygen atoms in total. The number of nitrogens with one attached hydrogen (secondary N) is 1. The first-order chi connectivity index (χ1) is 11.5. The zero-order valence-electron chi connectivity index (χ0n) is 14.8. The van der Waals surface area contributed by atoms with E-state index in [0.29, 0.717) is 5.69 Å². The molecule has 134 valence electrons. The third kappa shape index (κ3) is 5.14. The average molecular weight is 364 g/mol. The van der Waals surface area contributed by atoms with E-state index in [1.54, 1.807) is 0 Å². The van der Waals surface area contributed by atoms with E-state index >= 15 is 0 Å². The van der Waals surface area contributed by atoms with Crippen molar-refractivity contribution in [3.63, 3.8) is 0 Å². The Morgan fingerprint density at radius 3 is 2.56 bits per heavy atom. The molecule has 0 aliphatic carbocycles. The number of hydrogen-bond acceptors (Lipinski definition) is 4. The predicted molar refractivity (Wildman–Crippen MR) is 93.1 cm³/mol. The van der Waals surface area contributed by atoms with E-state index in [-0.39, 0.29) is 31.9 Å². The molecule has 0 spiro atoms. The predicted octanol–water partition coefficient (Wildman–Crippen LogP) is 4.66. The molecule has 0 fully saturated rings. The summed E-state index contributed by atoms with van der Waals surface area (Å²) >= 11 is 0. The van der Waals surface area contributed by atoms with Crippen molar-refractivity contribution in [3.8, 4) is 11.5 Å². The molecule has 1 aromatic carbocycles. The summed E-state index contributed by atoms with van der Waals surface area (Å²) in [4.78, 5) is 14.9. The van der Waals surface area contributed by atoms with Crippen LogP contribution in [0.25, 0.3) is 11.5 Å². The van der Waals surface area contributed by atoms with E-state index < -0.39 is 17.5 Å². The minimum atomic E-state index is -1.26. The van der Waals surface area contributed by atoms with Crippen LogP contribution in [0.15, 0.2) is 28.9 Å². The van der Waals surface area contributed by atoms with Crippen LogP contribution in [0.3, 0.4) is 0 Å². The van der Waals surface area contributed by atoms with Crippen LogP contribution in [0.4, 0.5) is 14.9 Å². The lowest BCUT2D eigenvalue weighted by Crippen LogP contribution is -2.27. The largest absolute Gasteiger partial charge is 0.465 e. The Hall–Kier alpha value is -2.19. The van der Waals surface area contributed by atoms with E-state index in [2.05, 4.69) is 31.1 Å². The zero-order chi connectivity index (χ0) is 18.8. The number of anilines is 1. The van der Waals surface area contributed by atoms with Gasteiger partial charge in [0, 0.05) is 5.69 Å². The van der Waals surface area contributed by atoms with Crippen LogP contribution < -0.4 is 5.32 Å². The lowest BCUT2D eigenvalue weighted by atomic mass is 10.1. The summed E-state index contributed by atoms with van der Waals surface area (Å²) in [5.41, 5.74) is 0.174. The highest BCUT2D eigenvalue weighted by molar-refractivity contribution is 6.31. The third-order valence-electron chi connectivity index (χ3n) is 3.18. The van der Waals surface area contributed by atoms with Gasteiger partial charge in [-0.1, -0.05) is 20.8 Å². The molecule has 1 heterocycles. The van der Waals surface area contributed by atoms with E-state index in [4.69, 9.17) is 13.9 Å². The van der Waals surface area contributed by atoms with Gasteiger partial charge < -0.3 is 13.9 Å². The topological polar surface area (TPSA) is 84.6 Å². The lowest BCUT2D eigenvalue weighted by molar-refractivity contribution is 0.104. The molecule has 1 aromatic heterocycles. The maximum absolute atomic E-state index is 14.2. The van der Waals surface area contributed by atoms with Gasteiger partial charge in [-0.3, -0.25) is 5.32 Å². The highest BCUT2D eigenvalue weighted by Gasteiger charge is 2.29. The standard InChI is InChI=1S/C17H21FN2O4Si/c1-16(2,3)25-24-17(4,5)13-9-23-14(20-13)11-7-6-10(8-12(11)18)19-15(21)22/h6-9,19H,1-5H3,(H,21,22). The molecular formula is C17H21FN2O4Si. The van der Waals surface area contributed by atoms with Gasteiger partial charge in [0.1, 0.15) is 17.8 Å². The van der Waals surface area contributed by atoms with E-state index in [9.17, 15) is 9.18 Å². The number of rotatable bonds is 5. The Bertz CT molecular complexity index is 768. The number of carboxylic acid groups (broad SMARTS) is 1. The van der Waals surface area contributed by atoms with Crippen LogP contribution in [-0.4, -0.2) is 25.9 Å². The van der Waals surface area contributed by atoms with Gasteiger partial charge in [0.15, 0.2) is 0 Å². The molecule has 2 rings (SSSR count). The van der Waals surface area contributed by atoms with Gasteiger partial charge in [-0.15, -0.1) is 0 Å². The van der Waals surface area contributed by atoms with Gasteiger partial charge in [-0.05, 0) is 37.1 Å². The molecule has 0 atom stereocenters. The van der Waals surface area contributed by atoms with Crippen molar-refractivity contribution in [2.45, 2.75) is 45.3 Å². The van der Waals surface area contributed by atoms with Crippen molar-refractivity contribution in [1.29, 1.82) is 0 Å².